The number of nitrogens with zero attached hydrogens (tertiary/aromatic N) is 3. The van der Waals surface area contributed by atoms with Crippen molar-refractivity contribution >= 4 is 17.9 Å². The van der Waals surface area contributed by atoms with Crippen LogP contribution in [0.15, 0.2) is 36.5 Å². The molecular formula is C25H25F10N3O8. The summed E-state index contributed by atoms with van der Waals surface area (Å²) in [6, 6.07) is 9.02. The number of likely N-dealkylation sites (tertiary alicyclic amines) is 1. The average molecular weight is 685 g/mol. The molecule has 11 nitrogen and oxygen atoms in total. The van der Waals surface area contributed by atoms with Gasteiger partial charge in [-0.2, -0.15) is 39.5 Å². The van der Waals surface area contributed by atoms with Crippen LogP contribution in [0.25, 0.3) is 0 Å². The van der Waals surface area contributed by atoms with Gasteiger partial charge < -0.3 is 24.8 Å². The predicted molar refractivity (Wildman–Crippen MR) is 132 cm³/mol. The van der Waals surface area contributed by atoms with Gasteiger partial charge in [-0.05, 0) is 37.6 Å². The van der Waals surface area contributed by atoms with Gasteiger partial charge in [-0.25, -0.2) is 23.8 Å². The second-order valence-electron chi connectivity index (χ2n) is 9.32. The van der Waals surface area contributed by atoms with E-state index in [9.17, 15) is 43.9 Å². The van der Waals surface area contributed by atoms with Crippen molar-refractivity contribution < 1.29 is 83.1 Å². The Morgan fingerprint density at radius 2 is 1.41 bits per heavy atom. The Morgan fingerprint density at radius 1 is 0.913 bits per heavy atom. The summed E-state index contributed by atoms with van der Waals surface area (Å²) in [5, 5.41) is 21.4. The van der Waals surface area contributed by atoms with E-state index in [1.165, 1.54) is 6.07 Å². The van der Waals surface area contributed by atoms with Gasteiger partial charge in [0, 0.05) is 44.0 Å². The highest BCUT2D eigenvalue weighted by atomic mass is 19.4. The summed E-state index contributed by atoms with van der Waals surface area (Å²) in [7, 11) is 0. The number of alkyl halides is 9. The molecule has 1 spiro atoms. The number of aliphatic carboxylic acids is 3. The normalized spacial score (nSPS) is 17.2. The topological polar surface area (TPSA) is 159 Å². The molecule has 2 saturated heterocycles. The quantitative estimate of drug-likeness (QED) is 0.381. The molecule has 1 atom stereocenters. The van der Waals surface area contributed by atoms with Crippen LogP contribution < -0.4 is 4.74 Å². The summed E-state index contributed by atoms with van der Waals surface area (Å²) in [5.74, 6) is -8.36. The fourth-order valence-corrected chi connectivity index (χ4v) is 3.77. The number of ether oxygens (including phenoxy) is 2. The third-order valence-electron chi connectivity index (χ3n) is 5.79. The Kier molecular flexibility index (Phi) is 14.1. The highest BCUT2D eigenvalue weighted by molar-refractivity contribution is 5.73. The lowest BCUT2D eigenvalue weighted by molar-refractivity contribution is -0.193. The van der Waals surface area contributed by atoms with E-state index in [0.29, 0.717) is 6.61 Å². The lowest BCUT2D eigenvalue weighted by Gasteiger charge is -2.50. The molecule has 0 amide bonds. The Morgan fingerprint density at radius 3 is 1.85 bits per heavy atom. The number of aromatic nitrogens is 2. The predicted octanol–water partition coefficient (Wildman–Crippen LogP) is 4.49. The SMILES string of the molecule is Cc1cccc(CN2CC3(C2)OCCC3COc2ncccc2F)n1.O=C(O)C(F)(F)F.O=C(O)C(F)(F)F.O=C(O)C(F)(F)F. The van der Waals surface area contributed by atoms with E-state index in [1.807, 2.05) is 19.1 Å². The van der Waals surface area contributed by atoms with Crippen molar-refractivity contribution in [2.75, 3.05) is 26.3 Å². The fourth-order valence-electron chi connectivity index (χ4n) is 3.77. The van der Waals surface area contributed by atoms with Crippen LogP contribution >= 0.6 is 0 Å². The number of hydrogen-bond donors (Lipinski definition) is 3. The van der Waals surface area contributed by atoms with Crippen molar-refractivity contribution in [2.24, 2.45) is 5.92 Å². The van der Waals surface area contributed by atoms with E-state index >= 15 is 0 Å². The summed E-state index contributed by atoms with van der Waals surface area (Å²) in [6.07, 6.45) is -12.8. The number of rotatable bonds is 5. The molecule has 0 aromatic carbocycles. The number of hydrogen-bond acceptors (Lipinski definition) is 8. The molecule has 21 heteroatoms. The summed E-state index contributed by atoms with van der Waals surface area (Å²) in [5.41, 5.74) is 1.94. The molecule has 258 valence electrons. The number of carbonyl (C=O) groups is 3. The molecule has 2 fully saturated rings. The van der Waals surface area contributed by atoms with Crippen molar-refractivity contribution in [1.29, 1.82) is 0 Å². The first-order valence-corrected chi connectivity index (χ1v) is 12.4. The molecular weight excluding hydrogens is 660 g/mol. The van der Waals surface area contributed by atoms with Crippen LogP contribution in [0.4, 0.5) is 43.9 Å². The van der Waals surface area contributed by atoms with Crippen LogP contribution in [-0.4, -0.2) is 98.5 Å². The summed E-state index contributed by atoms with van der Waals surface area (Å²) >= 11 is 0. The molecule has 46 heavy (non-hydrogen) atoms. The largest absolute Gasteiger partial charge is 0.490 e. The lowest BCUT2D eigenvalue weighted by Crippen LogP contribution is -2.64. The van der Waals surface area contributed by atoms with Crippen LogP contribution in [-0.2, 0) is 25.7 Å². The Hall–Kier alpha value is -4.27. The van der Waals surface area contributed by atoms with Crippen LogP contribution in [0.5, 0.6) is 5.88 Å². The third-order valence-corrected chi connectivity index (χ3v) is 5.79. The molecule has 2 aliphatic heterocycles. The molecule has 2 aromatic rings. The standard InChI is InChI=1S/C19H22FN3O2.3C2HF3O2/c1-14-4-2-5-16(22-14)10-23-12-19(13-23)15(7-9-25-19)11-24-18-17(20)6-3-8-21-18;3*3-2(4,5)1(6)7/h2-6,8,15H,7,9-13H2,1H3;3*(H,6,7). The molecule has 4 rings (SSSR count). The highest BCUT2D eigenvalue weighted by Crippen LogP contribution is 2.40. The maximum atomic E-state index is 13.7. The van der Waals surface area contributed by atoms with Gasteiger partial charge in [0.2, 0.25) is 5.88 Å². The van der Waals surface area contributed by atoms with Gasteiger partial charge in [-0.15, -0.1) is 0 Å². The van der Waals surface area contributed by atoms with E-state index in [2.05, 4.69) is 20.9 Å². The van der Waals surface area contributed by atoms with Gasteiger partial charge >= 0.3 is 36.4 Å². The number of carboxylic acids is 3. The number of pyridine rings is 2. The Bertz CT molecular complexity index is 1260. The monoisotopic (exact) mass is 685 g/mol. The summed E-state index contributed by atoms with van der Waals surface area (Å²) < 4.78 is 121. The molecule has 0 aliphatic carbocycles. The van der Waals surface area contributed by atoms with Gasteiger partial charge in [0.15, 0.2) is 5.82 Å². The molecule has 2 aliphatic rings. The van der Waals surface area contributed by atoms with Gasteiger partial charge in [0.25, 0.3) is 0 Å². The van der Waals surface area contributed by atoms with E-state index in [0.717, 1.165) is 44.0 Å². The third kappa shape index (κ3) is 13.4. The van der Waals surface area contributed by atoms with E-state index in [-0.39, 0.29) is 17.4 Å². The average Bonchev–Trinajstić information content (AvgIpc) is 3.31. The van der Waals surface area contributed by atoms with Gasteiger partial charge in [0.05, 0.1) is 17.9 Å². The smallest absolute Gasteiger partial charge is 0.475 e. The fraction of sp³-hybridized carbons (Fsp3) is 0.480. The zero-order valence-corrected chi connectivity index (χ0v) is 23.3. The first kappa shape index (κ1) is 39.8. The zero-order chi connectivity index (χ0) is 35.5. The minimum atomic E-state index is -5.08. The summed E-state index contributed by atoms with van der Waals surface area (Å²) in [4.78, 5) is 37.5. The van der Waals surface area contributed by atoms with Gasteiger partial charge in [-0.3, -0.25) is 9.88 Å². The minimum Gasteiger partial charge on any atom is -0.475 e. The van der Waals surface area contributed by atoms with Crippen molar-refractivity contribution in [1.82, 2.24) is 14.9 Å². The van der Waals surface area contributed by atoms with E-state index < -0.39 is 42.3 Å². The number of carboxylic acid groups (broad SMARTS) is 3. The molecule has 3 N–H and O–H groups in total. The maximum absolute atomic E-state index is 13.7. The molecule has 2 aromatic heterocycles. The molecule has 4 heterocycles. The molecule has 0 radical (unpaired) electrons. The molecule has 0 saturated carbocycles. The first-order chi connectivity index (χ1) is 21.0. The molecule has 1 unspecified atom stereocenters. The maximum Gasteiger partial charge on any atom is 0.490 e. The van der Waals surface area contributed by atoms with Crippen molar-refractivity contribution in [3.63, 3.8) is 0 Å². The van der Waals surface area contributed by atoms with E-state index in [1.54, 1.807) is 12.3 Å². The minimum absolute atomic E-state index is 0.0738. The first-order valence-electron chi connectivity index (χ1n) is 12.4. The lowest BCUT2D eigenvalue weighted by atomic mass is 9.81. The van der Waals surface area contributed by atoms with Gasteiger partial charge in [-0.1, -0.05) is 6.07 Å². The van der Waals surface area contributed by atoms with Crippen molar-refractivity contribution in [3.05, 3.63) is 53.7 Å². The van der Waals surface area contributed by atoms with Crippen molar-refractivity contribution in [2.45, 2.75) is 44.0 Å². The highest BCUT2D eigenvalue weighted by Gasteiger charge is 2.53. The van der Waals surface area contributed by atoms with Crippen LogP contribution in [0.1, 0.15) is 17.8 Å². The van der Waals surface area contributed by atoms with E-state index in [4.69, 9.17) is 39.2 Å². The Labute approximate surface area is 252 Å². The Balaban J connectivity index is 0.000000413. The van der Waals surface area contributed by atoms with Crippen LogP contribution in [0.2, 0.25) is 0 Å². The van der Waals surface area contributed by atoms with Crippen molar-refractivity contribution in [3.8, 4) is 5.88 Å². The zero-order valence-electron chi connectivity index (χ0n) is 23.3. The second kappa shape index (κ2) is 16.3. The second-order valence-corrected chi connectivity index (χ2v) is 9.32. The van der Waals surface area contributed by atoms with Gasteiger partial charge in [0.1, 0.15) is 0 Å². The summed E-state index contributed by atoms with van der Waals surface area (Å²) in [6.45, 7) is 5.73. The molecule has 0 bridgehead atoms. The van der Waals surface area contributed by atoms with Crippen LogP contribution in [0, 0.1) is 18.7 Å². The number of halogens is 10. The van der Waals surface area contributed by atoms with Crippen LogP contribution in [0.3, 0.4) is 0 Å². The number of aryl methyl sites for hydroxylation is 1.